The van der Waals surface area contributed by atoms with Gasteiger partial charge < -0.3 is 15.3 Å². The van der Waals surface area contributed by atoms with Gasteiger partial charge >= 0.3 is 0 Å². The van der Waals surface area contributed by atoms with Crippen molar-refractivity contribution in [3.8, 4) is 12.3 Å². The molecule has 1 aromatic carbocycles. The van der Waals surface area contributed by atoms with Crippen LogP contribution in [0.1, 0.15) is 64.4 Å². The van der Waals surface area contributed by atoms with Crippen LogP contribution in [0.2, 0.25) is 0 Å². The van der Waals surface area contributed by atoms with Gasteiger partial charge in [0.25, 0.3) is 5.91 Å². The summed E-state index contributed by atoms with van der Waals surface area (Å²) < 4.78 is 0. The smallest absolute Gasteiger partial charge is 0.265 e. The van der Waals surface area contributed by atoms with E-state index in [1.807, 2.05) is 6.07 Å². The first-order chi connectivity index (χ1) is 17.2. The van der Waals surface area contributed by atoms with Crippen molar-refractivity contribution in [2.24, 2.45) is 27.8 Å². The van der Waals surface area contributed by atoms with Crippen molar-refractivity contribution >= 4 is 17.3 Å². The van der Waals surface area contributed by atoms with Crippen LogP contribution < -0.4 is 5.32 Å². The van der Waals surface area contributed by atoms with Crippen molar-refractivity contribution < 1.29 is 24.5 Å². The van der Waals surface area contributed by atoms with E-state index < -0.39 is 11.2 Å². The predicted octanol–water partition coefficient (Wildman–Crippen LogP) is 4.37. The zero-order valence-electron chi connectivity index (χ0n) is 21.0. The van der Waals surface area contributed by atoms with E-state index >= 15 is 0 Å². The van der Waals surface area contributed by atoms with E-state index in [9.17, 15) is 9.90 Å². The second kappa shape index (κ2) is 8.17. The molecular weight excluding hydrogens is 456 g/mol. The van der Waals surface area contributed by atoms with E-state index in [0.717, 1.165) is 44.2 Å². The third-order valence-electron chi connectivity index (χ3n) is 10.0. The maximum Gasteiger partial charge on any atom is 0.265 e. The number of hydrogen-bond donors (Lipinski definition) is 2. The molecule has 2 N–H and O–H groups in total. The molecule has 3 saturated carbocycles. The quantitative estimate of drug-likeness (QED) is 0.283. The SMILES string of the molecule is C#Cc1cccc(NC(=O)CO/N=C2\CC[C@H]3[C@@]45C=C[C@]6(C[C@@H](O)CC[C@]6(C)[C@@H]4CC[C@]23C)OO5)c1. The number of amides is 1. The number of nitrogens with one attached hydrogen (secondary N) is 1. The molecule has 7 nitrogen and oxygen atoms in total. The highest BCUT2D eigenvalue weighted by atomic mass is 17.2. The Kier molecular flexibility index (Phi) is 5.39. The van der Waals surface area contributed by atoms with Gasteiger partial charge in [0.05, 0.1) is 11.8 Å². The zero-order valence-corrected chi connectivity index (χ0v) is 21.0. The van der Waals surface area contributed by atoms with E-state index in [-0.39, 0.29) is 35.4 Å². The molecule has 7 heteroatoms. The molecule has 0 radical (unpaired) electrons. The minimum Gasteiger partial charge on any atom is -0.393 e. The number of hydrogen-bond acceptors (Lipinski definition) is 6. The van der Waals surface area contributed by atoms with Gasteiger partial charge in [-0.1, -0.05) is 37.1 Å². The minimum absolute atomic E-state index is 0.0637. The summed E-state index contributed by atoms with van der Waals surface area (Å²) in [7, 11) is 0. The molecular formula is C29H34N2O5. The van der Waals surface area contributed by atoms with Gasteiger partial charge in [-0.25, -0.2) is 9.78 Å². The summed E-state index contributed by atoms with van der Waals surface area (Å²) in [6, 6.07) is 7.15. The average molecular weight is 491 g/mol. The number of carbonyl (C=O) groups excluding carboxylic acids is 1. The lowest BCUT2D eigenvalue weighted by atomic mass is 9.43. The highest BCUT2D eigenvalue weighted by molar-refractivity contribution is 5.93. The lowest BCUT2D eigenvalue weighted by Gasteiger charge is -2.69. The number of nitrogens with zero attached hydrogens (tertiary/aromatic N) is 1. The molecule has 7 atom stereocenters. The molecule has 0 aromatic heterocycles. The number of terminal acetylenes is 1. The van der Waals surface area contributed by atoms with E-state index in [0.29, 0.717) is 23.6 Å². The van der Waals surface area contributed by atoms with Crippen molar-refractivity contribution in [3.05, 3.63) is 42.0 Å². The van der Waals surface area contributed by atoms with E-state index in [1.54, 1.807) is 18.2 Å². The summed E-state index contributed by atoms with van der Waals surface area (Å²) in [5, 5.41) is 17.7. The number of fused-ring (bicyclic) bond motifs is 2. The lowest BCUT2D eigenvalue weighted by molar-refractivity contribution is -0.496. The van der Waals surface area contributed by atoms with Gasteiger partial charge in [0, 0.05) is 40.3 Å². The fourth-order valence-electron chi connectivity index (χ4n) is 8.10. The Morgan fingerprint density at radius 1 is 1.22 bits per heavy atom. The first-order valence-electron chi connectivity index (χ1n) is 13.1. The minimum atomic E-state index is -0.545. The van der Waals surface area contributed by atoms with Gasteiger partial charge in [0.1, 0.15) is 11.2 Å². The highest BCUT2D eigenvalue weighted by Crippen LogP contribution is 2.70. The van der Waals surface area contributed by atoms with Crippen LogP contribution in [0, 0.1) is 35.0 Å². The third-order valence-corrected chi connectivity index (χ3v) is 10.0. The molecule has 2 heterocycles. The molecule has 2 aliphatic heterocycles. The Morgan fingerprint density at radius 2 is 2.08 bits per heavy atom. The van der Waals surface area contributed by atoms with Gasteiger partial charge in [0.2, 0.25) is 0 Å². The first kappa shape index (κ1) is 23.7. The molecule has 2 spiro atoms. The molecule has 4 fully saturated rings. The van der Waals surface area contributed by atoms with Crippen LogP contribution in [-0.4, -0.2) is 40.6 Å². The lowest BCUT2D eigenvalue weighted by Crippen LogP contribution is -2.73. The number of aliphatic hydroxyl groups excluding tert-OH is 1. The number of rotatable bonds is 4. The summed E-state index contributed by atoms with van der Waals surface area (Å²) in [6.07, 6.45) is 15.6. The van der Waals surface area contributed by atoms with Crippen LogP contribution in [0.15, 0.2) is 41.6 Å². The number of carbonyl (C=O) groups is 1. The molecule has 1 aromatic rings. The van der Waals surface area contributed by atoms with Gasteiger partial charge in [0.15, 0.2) is 6.61 Å². The summed E-state index contributed by atoms with van der Waals surface area (Å²) in [5.41, 5.74) is 1.03. The Labute approximate surface area is 212 Å². The topological polar surface area (TPSA) is 89.4 Å². The van der Waals surface area contributed by atoms with Crippen LogP contribution in [0.5, 0.6) is 0 Å². The predicted molar refractivity (Wildman–Crippen MR) is 135 cm³/mol. The van der Waals surface area contributed by atoms with Crippen molar-refractivity contribution in [3.63, 3.8) is 0 Å². The van der Waals surface area contributed by atoms with Crippen LogP contribution in [0.3, 0.4) is 0 Å². The van der Waals surface area contributed by atoms with Crippen LogP contribution >= 0.6 is 0 Å². The Hall–Kier alpha value is -2.66. The van der Waals surface area contributed by atoms with Crippen molar-refractivity contribution in [1.29, 1.82) is 0 Å². The second-order valence-corrected chi connectivity index (χ2v) is 11.7. The normalized spacial score (nSPS) is 43.3. The monoisotopic (exact) mass is 490 g/mol. The van der Waals surface area contributed by atoms with Crippen LogP contribution in [0.4, 0.5) is 5.69 Å². The maximum absolute atomic E-state index is 12.4. The summed E-state index contributed by atoms with van der Waals surface area (Å²) in [6.45, 7) is 4.42. The molecule has 2 bridgehead atoms. The van der Waals surface area contributed by atoms with E-state index in [4.69, 9.17) is 21.0 Å². The van der Waals surface area contributed by atoms with Gasteiger partial charge in [-0.2, -0.15) is 0 Å². The average Bonchev–Trinajstić information content (AvgIpc) is 3.21. The molecule has 190 valence electrons. The molecule has 6 aliphatic rings. The van der Waals surface area contributed by atoms with Crippen molar-refractivity contribution in [1.82, 2.24) is 0 Å². The standard InChI is InChI=1S/C29H34N2O5/c1-4-19-6-5-7-20(16-19)30-25(33)18-34-31-24-9-8-22-26(24,2)12-11-23-27(3)13-10-21(32)17-28(27)14-15-29(22,23)36-35-28/h1,5-7,14-16,21-23,32H,8-13,17-18H2,2-3H3,(H,30,33)/b31-24+/t21-,22+,23-,26-,27+,28+,29-/m0/s1. The summed E-state index contributed by atoms with van der Waals surface area (Å²) in [5.74, 6) is 2.83. The Morgan fingerprint density at radius 3 is 2.86 bits per heavy atom. The number of anilines is 1. The number of aliphatic hydroxyl groups is 1. The number of oxime groups is 1. The van der Waals surface area contributed by atoms with Crippen molar-refractivity contribution in [2.45, 2.75) is 76.1 Å². The second-order valence-electron chi connectivity index (χ2n) is 11.7. The first-order valence-corrected chi connectivity index (χ1v) is 13.1. The molecule has 7 rings (SSSR count). The third kappa shape index (κ3) is 3.24. The van der Waals surface area contributed by atoms with Gasteiger partial charge in [-0.3, -0.25) is 4.79 Å². The van der Waals surface area contributed by atoms with Crippen molar-refractivity contribution in [2.75, 3.05) is 11.9 Å². The van der Waals surface area contributed by atoms with E-state index in [2.05, 4.69) is 42.4 Å². The van der Waals surface area contributed by atoms with Crippen LogP contribution in [0.25, 0.3) is 0 Å². The van der Waals surface area contributed by atoms with Gasteiger partial charge in [-0.05, 0) is 62.8 Å². The molecule has 4 aliphatic carbocycles. The Bertz CT molecular complexity index is 1190. The zero-order chi connectivity index (χ0) is 25.2. The fourth-order valence-corrected chi connectivity index (χ4v) is 8.10. The molecule has 1 amide bonds. The van der Waals surface area contributed by atoms with Gasteiger partial charge in [-0.15, -0.1) is 6.42 Å². The summed E-state index contributed by atoms with van der Waals surface area (Å²) >= 11 is 0. The maximum atomic E-state index is 12.4. The number of benzene rings is 1. The van der Waals surface area contributed by atoms with Crippen LogP contribution in [-0.2, 0) is 19.4 Å². The highest BCUT2D eigenvalue weighted by Gasteiger charge is 2.74. The molecule has 1 saturated heterocycles. The molecule has 36 heavy (non-hydrogen) atoms. The molecule has 0 unspecified atom stereocenters. The summed E-state index contributed by atoms with van der Waals surface area (Å²) in [4.78, 5) is 30.5. The Balaban J connectivity index is 1.18. The fraction of sp³-hybridized carbons (Fsp3) is 0.586. The largest absolute Gasteiger partial charge is 0.393 e. The van der Waals surface area contributed by atoms with E-state index in [1.165, 1.54) is 0 Å².